The highest BCUT2D eigenvalue weighted by atomic mass is 19.1. The molecule has 2 unspecified atom stereocenters. The van der Waals surface area contributed by atoms with E-state index in [-0.39, 0.29) is 6.04 Å². The van der Waals surface area contributed by atoms with Crippen LogP contribution in [0, 0.1) is 11.6 Å². The standard InChI is InChI=1S/C11H15FN4O4.C7H8FN3O4/c1-5(2)14-10(19)7(13)3-8(17)16-4-6(12)9(18)15-11(16)20;8-3-2-11(5(13)1-4(9)12)7(15)10-6(3)14/h4-5,7H,3,13H2,1-2H3,(H,14,19)(H,15,18,20);2,4,12H,1,9H2,(H,10,14,15). The minimum absolute atomic E-state index is 0.156. The monoisotopic (exact) mass is 503 g/mol. The molecule has 2 aromatic heterocycles. The fraction of sp³-hybridized carbons (Fsp3) is 0.389. The lowest BCUT2D eigenvalue weighted by atomic mass is 10.2. The van der Waals surface area contributed by atoms with Gasteiger partial charge in [-0.05, 0) is 13.8 Å². The van der Waals surface area contributed by atoms with E-state index < -0.39 is 77.0 Å². The number of rotatable bonds is 6. The third-order valence-electron chi connectivity index (χ3n) is 3.88. The second-order valence-corrected chi connectivity index (χ2v) is 7.25. The second-order valence-electron chi connectivity index (χ2n) is 7.25. The summed E-state index contributed by atoms with van der Waals surface area (Å²) in [6.07, 6.45) is -1.57. The summed E-state index contributed by atoms with van der Waals surface area (Å²) in [5.74, 6) is -4.92. The molecule has 8 N–H and O–H groups in total. The third kappa shape index (κ3) is 8.65. The molecule has 15 nitrogen and oxygen atoms in total. The van der Waals surface area contributed by atoms with Gasteiger partial charge in [-0.1, -0.05) is 0 Å². The predicted molar refractivity (Wildman–Crippen MR) is 114 cm³/mol. The summed E-state index contributed by atoms with van der Waals surface area (Å²) < 4.78 is 26.4. The SMILES string of the molecule is CC(C)NC(=O)C(N)CC(=O)n1cc(F)c(=O)[nH]c1=O.NC(O)CC(=O)n1cc(F)c(=O)[nH]c1=O. The number of aromatic nitrogens is 4. The Bertz CT molecular complexity index is 1330. The van der Waals surface area contributed by atoms with E-state index in [4.69, 9.17) is 16.6 Å². The van der Waals surface area contributed by atoms with Crippen LogP contribution in [-0.4, -0.2) is 60.2 Å². The molecule has 2 aromatic rings. The van der Waals surface area contributed by atoms with Crippen LogP contribution in [-0.2, 0) is 4.79 Å². The maximum atomic E-state index is 13.0. The molecule has 0 bridgehead atoms. The first kappa shape index (κ1) is 28.9. The molecule has 0 aliphatic heterocycles. The van der Waals surface area contributed by atoms with Gasteiger partial charge in [-0.25, -0.2) is 18.7 Å². The third-order valence-corrected chi connectivity index (χ3v) is 3.88. The molecular weight excluding hydrogens is 480 g/mol. The highest BCUT2D eigenvalue weighted by Gasteiger charge is 2.20. The van der Waals surface area contributed by atoms with Gasteiger partial charge in [0.15, 0.2) is 0 Å². The molecule has 0 saturated heterocycles. The predicted octanol–water partition coefficient (Wildman–Crippen LogP) is -3.46. The average Bonchev–Trinajstić information content (AvgIpc) is 2.72. The van der Waals surface area contributed by atoms with Crippen molar-refractivity contribution in [2.75, 3.05) is 0 Å². The summed E-state index contributed by atoms with van der Waals surface area (Å²) in [6, 6.07) is -1.33. The number of aliphatic hydroxyl groups is 1. The maximum absolute atomic E-state index is 13.0. The topological polar surface area (TPSA) is 245 Å². The van der Waals surface area contributed by atoms with Crippen LogP contribution >= 0.6 is 0 Å². The van der Waals surface area contributed by atoms with Gasteiger partial charge in [0.05, 0.1) is 31.3 Å². The number of hydrogen-bond acceptors (Lipinski definition) is 10. The van der Waals surface area contributed by atoms with Gasteiger partial charge in [-0.2, -0.15) is 8.78 Å². The smallest absolute Gasteiger partial charge is 0.335 e. The maximum Gasteiger partial charge on any atom is 0.335 e. The van der Waals surface area contributed by atoms with Crippen molar-refractivity contribution in [1.82, 2.24) is 24.4 Å². The molecule has 0 aliphatic rings. The van der Waals surface area contributed by atoms with E-state index in [2.05, 4.69) is 5.32 Å². The van der Waals surface area contributed by atoms with Crippen molar-refractivity contribution >= 4 is 17.7 Å². The Morgan fingerprint density at radius 1 is 0.914 bits per heavy atom. The molecule has 35 heavy (non-hydrogen) atoms. The Kier molecular flexibility index (Phi) is 10.2. The molecule has 2 heterocycles. The van der Waals surface area contributed by atoms with E-state index in [1.165, 1.54) is 0 Å². The number of nitrogens with two attached hydrogens (primary N) is 2. The Labute approximate surface area is 193 Å². The van der Waals surface area contributed by atoms with Crippen LogP contribution in [0.4, 0.5) is 8.78 Å². The number of nitrogens with zero attached hydrogens (tertiary/aromatic N) is 2. The zero-order chi connectivity index (χ0) is 27.0. The number of amides is 1. The van der Waals surface area contributed by atoms with Gasteiger partial charge in [-0.3, -0.25) is 33.9 Å². The zero-order valence-electron chi connectivity index (χ0n) is 18.4. The molecule has 17 heteroatoms. The minimum atomic E-state index is -1.45. The summed E-state index contributed by atoms with van der Waals surface area (Å²) in [7, 11) is 0. The summed E-state index contributed by atoms with van der Waals surface area (Å²) in [6.45, 7) is 3.43. The van der Waals surface area contributed by atoms with Crippen LogP contribution in [0.2, 0.25) is 0 Å². The van der Waals surface area contributed by atoms with E-state index in [0.29, 0.717) is 21.5 Å². The van der Waals surface area contributed by atoms with Crippen LogP contribution in [0.15, 0.2) is 31.6 Å². The van der Waals surface area contributed by atoms with Crippen molar-refractivity contribution in [3.63, 3.8) is 0 Å². The number of nitrogens with one attached hydrogen (secondary N) is 3. The van der Waals surface area contributed by atoms with Crippen molar-refractivity contribution in [2.24, 2.45) is 11.5 Å². The number of aromatic amines is 2. The normalized spacial score (nSPS) is 12.3. The summed E-state index contributed by atoms with van der Waals surface area (Å²) >= 11 is 0. The Balaban J connectivity index is 0.000000365. The van der Waals surface area contributed by atoms with Gasteiger partial charge in [0.1, 0.15) is 6.23 Å². The lowest BCUT2D eigenvalue weighted by Crippen LogP contribution is -2.46. The van der Waals surface area contributed by atoms with Gasteiger partial charge >= 0.3 is 11.4 Å². The number of H-pyrrole nitrogens is 2. The first-order valence-corrected chi connectivity index (χ1v) is 9.73. The zero-order valence-corrected chi connectivity index (χ0v) is 18.4. The summed E-state index contributed by atoms with van der Waals surface area (Å²) in [5, 5.41) is 11.2. The molecule has 0 saturated carbocycles. The van der Waals surface area contributed by atoms with E-state index in [0.717, 1.165) is 0 Å². The Morgan fingerprint density at radius 3 is 1.69 bits per heavy atom. The van der Waals surface area contributed by atoms with Crippen molar-refractivity contribution in [3.8, 4) is 0 Å². The summed E-state index contributed by atoms with van der Waals surface area (Å²) in [4.78, 5) is 81.5. The van der Waals surface area contributed by atoms with E-state index in [1.54, 1.807) is 23.8 Å². The fourth-order valence-electron chi connectivity index (χ4n) is 2.31. The van der Waals surface area contributed by atoms with Crippen molar-refractivity contribution in [1.29, 1.82) is 0 Å². The molecule has 1 amide bonds. The first-order chi connectivity index (χ1) is 16.1. The number of hydrogen-bond donors (Lipinski definition) is 6. The lowest BCUT2D eigenvalue weighted by Gasteiger charge is -2.14. The number of aliphatic hydroxyl groups excluding tert-OH is 1. The van der Waals surface area contributed by atoms with Gasteiger partial charge in [-0.15, -0.1) is 0 Å². The number of carbonyl (C=O) groups excluding carboxylic acids is 3. The molecule has 0 spiro atoms. The summed E-state index contributed by atoms with van der Waals surface area (Å²) in [5.41, 5.74) is 5.82. The van der Waals surface area contributed by atoms with Gasteiger partial charge in [0.2, 0.25) is 29.4 Å². The second kappa shape index (κ2) is 12.4. The molecule has 0 aromatic carbocycles. The molecular formula is C18H23F2N7O8. The van der Waals surface area contributed by atoms with Crippen molar-refractivity contribution < 1.29 is 28.3 Å². The number of carbonyl (C=O) groups is 3. The van der Waals surface area contributed by atoms with Crippen molar-refractivity contribution in [3.05, 3.63) is 65.7 Å². The molecule has 0 radical (unpaired) electrons. The van der Waals surface area contributed by atoms with Crippen molar-refractivity contribution in [2.45, 2.75) is 45.0 Å². The highest BCUT2D eigenvalue weighted by molar-refractivity contribution is 5.89. The van der Waals surface area contributed by atoms with Crippen LogP contribution in [0.5, 0.6) is 0 Å². The van der Waals surface area contributed by atoms with Crippen LogP contribution in [0.25, 0.3) is 0 Å². The van der Waals surface area contributed by atoms with Gasteiger partial charge < -0.3 is 21.9 Å². The fourth-order valence-corrected chi connectivity index (χ4v) is 2.31. The molecule has 2 rings (SSSR count). The Hall–Kier alpha value is -4.09. The molecule has 192 valence electrons. The van der Waals surface area contributed by atoms with Gasteiger partial charge in [0.25, 0.3) is 11.1 Å². The molecule has 0 aliphatic carbocycles. The molecule has 0 fully saturated rings. The van der Waals surface area contributed by atoms with Gasteiger partial charge in [0, 0.05) is 6.04 Å². The van der Waals surface area contributed by atoms with Crippen LogP contribution < -0.4 is 39.3 Å². The first-order valence-electron chi connectivity index (χ1n) is 9.73. The highest BCUT2D eigenvalue weighted by Crippen LogP contribution is 1.95. The Morgan fingerprint density at radius 2 is 1.31 bits per heavy atom. The average molecular weight is 503 g/mol. The largest absolute Gasteiger partial charge is 0.378 e. The molecule has 2 atom stereocenters. The number of halogens is 2. The lowest BCUT2D eigenvalue weighted by molar-refractivity contribution is -0.122. The van der Waals surface area contributed by atoms with E-state index in [9.17, 15) is 42.3 Å². The van der Waals surface area contributed by atoms with Crippen LogP contribution in [0.1, 0.15) is 36.3 Å². The van der Waals surface area contributed by atoms with Crippen LogP contribution in [0.3, 0.4) is 0 Å². The minimum Gasteiger partial charge on any atom is -0.378 e. The van der Waals surface area contributed by atoms with E-state index in [1.807, 2.05) is 0 Å². The van der Waals surface area contributed by atoms with E-state index >= 15 is 0 Å². The quantitative estimate of drug-likeness (QED) is 0.213.